The summed E-state index contributed by atoms with van der Waals surface area (Å²) >= 11 is 4.92. The molecule has 124 heavy (non-hydrogen) atoms. The van der Waals surface area contributed by atoms with Crippen molar-refractivity contribution in [2.24, 2.45) is 30.0 Å². The number of non-ortho nitro benzene ring substituents is 5. The van der Waals surface area contributed by atoms with Crippen molar-refractivity contribution in [2.45, 2.75) is 33.2 Å². The summed E-state index contributed by atoms with van der Waals surface area (Å²) in [6.07, 6.45) is -5.89. The standard InChI is InChI=1S/3C8H4F3NO.C7H4ClNO4.3C7H4N2O3.C6H3ClN2O4S.2C6H4ClNO2S/c9-8(10,11)6-1-3-7(4-2-6)12-5-13;9-8(10,11)6-2-1-3-7(4-6)12-5-13;9-8(10,11)6-3-1-2-4-7(6)12-5-13;8-7(10)13-6-3-1-5(2-4-6)9(11)12;10-5-8-6-1-3-7(4-2-6)9(11)12;10-5-8-6-2-1-3-7(4-6)9(11)12;10-5-8-6-3-1-2-4-7(6)9(11)12;7-14-6-2-1-4(8(10)11)3-5(6)9(12)13;7-11-6-3-1-5(2-4-6)8(9)10;7-11-6-4-2-1-3-5(6)8(9)10/h4*1-4H;3*1-4H;1-3H;2*1-4H. The summed E-state index contributed by atoms with van der Waals surface area (Å²) in [5.74, 6) is 0.172. The predicted molar refractivity (Wildman–Crippen MR) is 426 cm³/mol. The zero-order valence-corrected chi connectivity index (χ0v) is 65.7. The molecule has 0 aromatic heterocycles. The van der Waals surface area contributed by atoms with E-state index in [-0.39, 0.29) is 78.9 Å². The van der Waals surface area contributed by atoms with Crippen LogP contribution in [0.15, 0.2) is 281 Å². The van der Waals surface area contributed by atoms with Crippen molar-refractivity contribution in [2.75, 3.05) is 0 Å². The van der Waals surface area contributed by atoms with Gasteiger partial charge < -0.3 is 4.74 Å². The van der Waals surface area contributed by atoms with E-state index in [1.807, 2.05) is 0 Å². The van der Waals surface area contributed by atoms with Gasteiger partial charge in [0.2, 0.25) is 36.5 Å². The number of ether oxygens (including phenoxy) is 1. The summed E-state index contributed by atoms with van der Waals surface area (Å²) in [5.41, 5.74) is -4.14. The third-order valence-electron chi connectivity index (χ3n) is 12.7. The van der Waals surface area contributed by atoms with Gasteiger partial charge in [-0.05, 0) is 180 Å². The highest BCUT2D eigenvalue weighted by molar-refractivity contribution is 8.21. The van der Waals surface area contributed by atoms with Gasteiger partial charge in [-0.3, -0.25) is 80.9 Å². The first kappa shape index (κ1) is 107. The third kappa shape index (κ3) is 41.9. The van der Waals surface area contributed by atoms with Crippen LogP contribution < -0.4 is 4.74 Å². The lowest BCUT2D eigenvalue weighted by Gasteiger charge is -2.07. The van der Waals surface area contributed by atoms with Crippen molar-refractivity contribution in [1.29, 1.82) is 0 Å². The number of nitro groups is 8. The van der Waals surface area contributed by atoms with Gasteiger partial charge in [-0.25, -0.2) is 33.6 Å². The highest BCUT2D eigenvalue weighted by Crippen LogP contribution is 2.38. The van der Waals surface area contributed by atoms with Crippen molar-refractivity contribution >= 4 is 198 Å². The average Bonchev–Trinajstić information content (AvgIpc) is 0.835. The van der Waals surface area contributed by atoms with E-state index < -0.39 is 85.7 Å². The van der Waals surface area contributed by atoms with Crippen LogP contribution in [0.25, 0.3) is 0 Å². The maximum atomic E-state index is 12.2. The molecule has 0 aliphatic heterocycles. The molecule has 0 aliphatic rings. The Morgan fingerprint density at radius 1 is 0.315 bits per heavy atom. The summed E-state index contributed by atoms with van der Waals surface area (Å²) < 4.78 is 113. The molecule has 38 nitrogen and oxygen atoms in total. The lowest BCUT2D eigenvalue weighted by molar-refractivity contribution is -0.396. The van der Waals surface area contributed by atoms with E-state index in [1.165, 1.54) is 170 Å². The van der Waals surface area contributed by atoms with Crippen molar-refractivity contribution in [3.8, 4) is 5.75 Å². The minimum Gasteiger partial charge on any atom is -0.414 e. The van der Waals surface area contributed by atoms with E-state index in [0.717, 1.165) is 93.6 Å². The zero-order chi connectivity index (χ0) is 93.7. The number of rotatable bonds is 18. The summed E-state index contributed by atoms with van der Waals surface area (Å²) in [5, 5.41) is 82.2. The first-order valence-electron chi connectivity index (χ1n) is 31.1. The van der Waals surface area contributed by atoms with Gasteiger partial charge >= 0.3 is 24.0 Å². The minimum atomic E-state index is -4.49. The summed E-state index contributed by atoms with van der Waals surface area (Å²) in [6, 6.07) is 49.8. The first-order chi connectivity index (χ1) is 58.5. The van der Waals surface area contributed by atoms with Crippen LogP contribution in [0.4, 0.5) is 124 Å². The highest BCUT2D eigenvalue weighted by Gasteiger charge is 2.34. The van der Waals surface area contributed by atoms with Crippen molar-refractivity contribution < 1.29 is 117 Å². The number of para-hydroxylation sites is 4. The molecule has 0 radical (unpaired) electrons. The Morgan fingerprint density at radius 2 is 0.669 bits per heavy atom. The predicted octanol–water partition coefficient (Wildman–Crippen LogP) is 23.5. The van der Waals surface area contributed by atoms with Crippen LogP contribution in [0.5, 0.6) is 5.75 Å². The van der Waals surface area contributed by atoms with Gasteiger partial charge in [0.25, 0.3) is 45.5 Å². The Hall–Kier alpha value is -15.3. The highest BCUT2D eigenvalue weighted by atomic mass is 35.7. The number of hydrogen-bond acceptors (Lipinski definition) is 33. The molecule has 10 rings (SSSR count). The molecule has 54 heteroatoms. The number of carbonyl (C=O) groups is 1. The van der Waals surface area contributed by atoms with Crippen molar-refractivity contribution in [3.63, 3.8) is 0 Å². The van der Waals surface area contributed by atoms with Crippen LogP contribution in [0, 0.1) is 80.9 Å². The van der Waals surface area contributed by atoms with Crippen LogP contribution >= 0.6 is 76.6 Å². The fraction of sp³-hybridized carbons (Fsp3) is 0.0429. The minimum absolute atomic E-state index is 0.0255. The molecule has 0 spiro atoms. The second-order valence-corrected chi connectivity index (χ2v) is 24.1. The number of benzene rings is 10. The molecule has 0 N–H and O–H groups in total. The molecule has 0 heterocycles. The Labute approximate surface area is 714 Å². The number of aliphatic imine (C=N–C) groups is 6. The summed E-state index contributed by atoms with van der Waals surface area (Å²) in [7, 11) is 18.7. The lowest BCUT2D eigenvalue weighted by Crippen LogP contribution is -2.04. The number of isocyanates is 6. The topological polar surface area (TPSA) is 548 Å². The lowest BCUT2D eigenvalue weighted by atomic mass is 10.2. The molecule has 0 aliphatic carbocycles. The van der Waals surface area contributed by atoms with Crippen LogP contribution in [0.1, 0.15) is 16.7 Å². The molecule has 642 valence electrons. The van der Waals surface area contributed by atoms with Crippen LogP contribution in [0.2, 0.25) is 0 Å². The molecule has 0 bridgehead atoms. The second-order valence-electron chi connectivity index (χ2n) is 20.6. The fourth-order valence-electron chi connectivity index (χ4n) is 7.48. The van der Waals surface area contributed by atoms with Gasteiger partial charge in [0.05, 0.1) is 90.6 Å². The molecule has 0 fully saturated rings. The molecule has 0 saturated heterocycles. The molecular formula is C70H39Cl4F9N14O24S3. The van der Waals surface area contributed by atoms with Crippen LogP contribution in [-0.4, -0.2) is 81.3 Å². The van der Waals surface area contributed by atoms with E-state index in [0.29, 0.717) is 21.6 Å². The Morgan fingerprint density at radius 3 is 1.07 bits per heavy atom. The van der Waals surface area contributed by atoms with Crippen LogP contribution in [0.3, 0.4) is 0 Å². The number of carbonyl (C=O) groups excluding carboxylic acids is 7. The van der Waals surface area contributed by atoms with Crippen molar-refractivity contribution in [3.05, 3.63) is 334 Å². The number of hydrogen-bond donors (Lipinski definition) is 0. The third-order valence-corrected chi connectivity index (χ3v) is 15.8. The van der Waals surface area contributed by atoms with Gasteiger partial charge in [-0.15, -0.1) is 0 Å². The average molecular weight is 1870 g/mol. The Bertz CT molecular complexity index is 5620. The molecule has 0 amide bonds. The van der Waals surface area contributed by atoms with Crippen molar-refractivity contribution in [1.82, 2.24) is 0 Å². The number of alkyl halides is 9. The largest absolute Gasteiger partial charge is 0.418 e. The molecule has 0 atom stereocenters. The molecule has 10 aromatic carbocycles. The van der Waals surface area contributed by atoms with E-state index in [4.69, 9.17) is 43.6 Å². The molecule has 0 unspecified atom stereocenters. The fourth-order valence-corrected chi connectivity index (χ4v) is 9.59. The monoisotopic (exact) mass is 1870 g/mol. The maximum absolute atomic E-state index is 12.2. The van der Waals surface area contributed by atoms with Gasteiger partial charge in [-0.2, -0.15) is 69.5 Å². The van der Waals surface area contributed by atoms with Gasteiger partial charge in [0.15, 0.2) is 5.69 Å². The van der Waals surface area contributed by atoms with E-state index >= 15 is 0 Å². The van der Waals surface area contributed by atoms with E-state index in [2.05, 4.69) is 34.7 Å². The zero-order valence-electron chi connectivity index (χ0n) is 60.2. The van der Waals surface area contributed by atoms with Gasteiger partial charge in [0.1, 0.15) is 15.5 Å². The molecule has 0 saturated carbocycles. The van der Waals surface area contributed by atoms with Gasteiger partial charge in [-0.1, -0.05) is 48.5 Å². The molecular weight excluding hydrogens is 1830 g/mol. The smallest absolute Gasteiger partial charge is 0.414 e. The van der Waals surface area contributed by atoms with Gasteiger partial charge in [0, 0.05) is 83.2 Å². The Kier molecular flexibility index (Phi) is 48.4. The molecule has 10 aromatic rings. The quantitative estimate of drug-likeness (QED) is 0.0192. The van der Waals surface area contributed by atoms with E-state index in [9.17, 15) is 154 Å². The summed E-state index contributed by atoms with van der Waals surface area (Å²) in [6.45, 7) is 0. The van der Waals surface area contributed by atoms with E-state index in [1.54, 1.807) is 36.4 Å². The number of nitrogens with zero attached hydrogens (tertiary/aromatic N) is 14. The number of halogens is 13. The summed E-state index contributed by atoms with van der Waals surface area (Å²) in [4.78, 5) is 167. The van der Waals surface area contributed by atoms with Crippen LogP contribution in [-0.2, 0) is 47.3 Å². The number of nitro benzene ring substituents is 8. The normalized spacial score (nSPS) is 9.65. The first-order valence-corrected chi connectivity index (χ1v) is 36.4. The second kappa shape index (κ2) is 56.2. The Balaban J connectivity index is 0.000000689. The SMILES string of the molecule is O=C(Cl)Oc1ccc([N+](=O)[O-])cc1.O=C=Nc1ccc(C(F)(F)F)cc1.O=C=Nc1ccc([N+](=O)[O-])cc1.O=C=Nc1cccc(C(F)(F)F)c1.O=C=Nc1cccc([N+](=O)[O-])c1.O=C=Nc1ccccc1C(F)(F)F.O=C=Nc1ccccc1[N+](=O)[O-].O=[N+]([O-])c1ccc(SCl)c([N+](=O)[O-])c1.O=[N+]([O-])c1ccc(SCl)cc1.O=[N+]([O-])c1ccccc1SCl. The maximum Gasteiger partial charge on any atom is 0.418 e.